The molecule has 0 amide bonds. The van der Waals surface area contributed by atoms with Crippen LogP contribution in [0.2, 0.25) is 0 Å². The lowest BCUT2D eigenvalue weighted by atomic mass is 10.2. The van der Waals surface area contributed by atoms with Crippen LogP contribution < -0.4 is 4.74 Å². The molecule has 0 aliphatic carbocycles. The van der Waals surface area contributed by atoms with Gasteiger partial charge in [-0.05, 0) is 37.1 Å². The highest BCUT2D eigenvalue weighted by Crippen LogP contribution is 2.29. The molecule has 0 unspecified atom stereocenters. The fourth-order valence-corrected chi connectivity index (χ4v) is 2.05. The van der Waals surface area contributed by atoms with E-state index in [4.69, 9.17) is 10.00 Å². The SMILES string of the molecule is CCc1nn(C)c(CC)c1Oc1ccc(C#N)cc1. The number of aromatic nitrogens is 2. The van der Waals surface area contributed by atoms with E-state index in [-0.39, 0.29) is 0 Å². The molecule has 0 saturated carbocycles. The minimum absolute atomic E-state index is 0.630. The summed E-state index contributed by atoms with van der Waals surface area (Å²) in [5.74, 6) is 1.58. The summed E-state index contributed by atoms with van der Waals surface area (Å²) in [6, 6.07) is 9.22. The van der Waals surface area contributed by atoms with Gasteiger partial charge in [-0.15, -0.1) is 0 Å². The monoisotopic (exact) mass is 255 g/mol. The molecular weight excluding hydrogens is 238 g/mol. The van der Waals surface area contributed by atoms with Gasteiger partial charge in [0.1, 0.15) is 11.4 Å². The highest BCUT2D eigenvalue weighted by molar-refractivity contribution is 5.41. The van der Waals surface area contributed by atoms with Gasteiger partial charge in [-0.3, -0.25) is 4.68 Å². The van der Waals surface area contributed by atoms with Gasteiger partial charge in [-0.2, -0.15) is 10.4 Å². The van der Waals surface area contributed by atoms with Crippen molar-refractivity contribution < 1.29 is 4.74 Å². The van der Waals surface area contributed by atoms with Gasteiger partial charge in [-0.25, -0.2) is 0 Å². The van der Waals surface area contributed by atoms with Crippen molar-refractivity contribution in [3.8, 4) is 17.6 Å². The first-order valence-corrected chi connectivity index (χ1v) is 6.42. The van der Waals surface area contributed by atoms with E-state index in [0.717, 1.165) is 35.7 Å². The standard InChI is InChI=1S/C15H17N3O/c1-4-13-15(14(5-2)18(3)17-13)19-12-8-6-11(10-16)7-9-12/h6-9H,4-5H2,1-3H3. The zero-order chi connectivity index (χ0) is 13.8. The molecule has 1 aromatic carbocycles. The predicted molar refractivity (Wildman–Crippen MR) is 73.2 cm³/mol. The molecule has 1 aromatic heterocycles. The Kier molecular flexibility index (Phi) is 3.86. The molecular formula is C15H17N3O. The van der Waals surface area contributed by atoms with Crippen LogP contribution >= 0.6 is 0 Å². The van der Waals surface area contributed by atoms with Crippen molar-refractivity contribution in [2.45, 2.75) is 26.7 Å². The summed E-state index contributed by atoms with van der Waals surface area (Å²) in [6.07, 6.45) is 1.70. The lowest BCUT2D eigenvalue weighted by Crippen LogP contribution is -1.97. The lowest BCUT2D eigenvalue weighted by Gasteiger charge is -2.07. The van der Waals surface area contributed by atoms with Gasteiger partial charge in [0.15, 0.2) is 5.75 Å². The van der Waals surface area contributed by atoms with Crippen LogP contribution in [0.25, 0.3) is 0 Å². The smallest absolute Gasteiger partial charge is 0.171 e. The topological polar surface area (TPSA) is 50.8 Å². The van der Waals surface area contributed by atoms with E-state index in [1.165, 1.54) is 0 Å². The van der Waals surface area contributed by atoms with Crippen molar-refractivity contribution in [1.82, 2.24) is 9.78 Å². The third kappa shape index (κ3) is 2.60. The van der Waals surface area contributed by atoms with Gasteiger partial charge in [0.2, 0.25) is 0 Å². The Labute approximate surface area is 113 Å². The Hall–Kier alpha value is -2.28. The van der Waals surface area contributed by atoms with Crippen molar-refractivity contribution >= 4 is 0 Å². The molecule has 0 atom stereocenters. The van der Waals surface area contributed by atoms with E-state index in [1.807, 2.05) is 23.9 Å². The van der Waals surface area contributed by atoms with Crippen LogP contribution in [0.4, 0.5) is 0 Å². The van der Waals surface area contributed by atoms with Crippen LogP contribution in [0, 0.1) is 11.3 Å². The molecule has 0 aliphatic rings. The molecule has 0 aliphatic heterocycles. The van der Waals surface area contributed by atoms with Crippen LogP contribution in [0.15, 0.2) is 24.3 Å². The number of nitriles is 1. The molecule has 4 heteroatoms. The number of nitrogens with zero attached hydrogens (tertiary/aromatic N) is 3. The number of hydrogen-bond donors (Lipinski definition) is 0. The first-order chi connectivity index (χ1) is 9.19. The predicted octanol–water partition coefficient (Wildman–Crippen LogP) is 3.21. The first kappa shape index (κ1) is 13.2. The summed E-state index contributed by atoms with van der Waals surface area (Å²) >= 11 is 0. The zero-order valence-electron chi connectivity index (χ0n) is 11.5. The molecule has 98 valence electrons. The van der Waals surface area contributed by atoms with Gasteiger partial charge in [0.25, 0.3) is 0 Å². The average Bonchev–Trinajstić information content (AvgIpc) is 2.75. The molecule has 2 aromatic rings. The fourth-order valence-electron chi connectivity index (χ4n) is 2.05. The van der Waals surface area contributed by atoms with Crippen LogP contribution in [0.5, 0.6) is 11.5 Å². The minimum Gasteiger partial charge on any atom is -0.453 e. The third-order valence-corrected chi connectivity index (χ3v) is 3.06. The zero-order valence-corrected chi connectivity index (χ0v) is 11.5. The molecule has 0 radical (unpaired) electrons. The molecule has 4 nitrogen and oxygen atoms in total. The molecule has 0 saturated heterocycles. The van der Waals surface area contributed by atoms with Crippen molar-refractivity contribution in [1.29, 1.82) is 5.26 Å². The van der Waals surface area contributed by atoms with Crippen molar-refractivity contribution in [3.05, 3.63) is 41.2 Å². The molecule has 1 heterocycles. The second-order valence-electron chi connectivity index (χ2n) is 4.29. The third-order valence-electron chi connectivity index (χ3n) is 3.06. The van der Waals surface area contributed by atoms with Crippen molar-refractivity contribution in [3.63, 3.8) is 0 Å². The normalized spacial score (nSPS) is 10.2. The van der Waals surface area contributed by atoms with Crippen LogP contribution in [-0.2, 0) is 19.9 Å². The Morgan fingerprint density at radius 3 is 2.42 bits per heavy atom. The summed E-state index contributed by atoms with van der Waals surface area (Å²) in [6.45, 7) is 4.15. The van der Waals surface area contributed by atoms with Gasteiger partial charge in [-0.1, -0.05) is 13.8 Å². The highest BCUT2D eigenvalue weighted by Gasteiger charge is 2.15. The summed E-state index contributed by atoms with van der Waals surface area (Å²) in [5.41, 5.74) is 2.68. The highest BCUT2D eigenvalue weighted by atomic mass is 16.5. The Morgan fingerprint density at radius 2 is 1.89 bits per heavy atom. The Bertz CT molecular complexity index is 606. The summed E-state index contributed by atoms with van der Waals surface area (Å²) < 4.78 is 7.82. The lowest BCUT2D eigenvalue weighted by molar-refractivity contribution is 0.470. The molecule has 19 heavy (non-hydrogen) atoms. The largest absolute Gasteiger partial charge is 0.453 e. The van der Waals surface area contributed by atoms with Gasteiger partial charge in [0, 0.05) is 7.05 Å². The maximum atomic E-state index is 8.78. The van der Waals surface area contributed by atoms with E-state index < -0.39 is 0 Å². The summed E-state index contributed by atoms with van der Waals surface area (Å²) in [7, 11) is 1.93. The minimum atomic E-state index is 0.630. The van der Waals surface area contributed by atoms with E-state index >= 15 is 0 Å². The van der Waals surface area contributed by atoms with E-state index in [0.29, 0.717) is 5.56 Å². The maximum absolute atomic E-state index is 8.78. The van der Waals surface area contributed by atoms with E-state index in [2.05, 4.69) is 25.0 Å². The van der Waals surface area contributed by atoms with E-state index in [9.17, 15) is 0 Å². The fraction of sp³-hybridized carbons (Fsp3) is 0.333. The molecule has 0 spiro atoms. The van der Waals surface area contributed by atoms with Crippen LogP contribution in [0.1, 0.15) is 30.8 Å². The van der Waals surface area contributed by atoms with Gasteiger partial charge >= 0.3 is 0 Å². The van der Waals surface area contributed by atoms with Crippen LogP contribution in [-0.4, -0.2) is 9.78 Å². The molecule has 2 rings (SSSR count). The van der Waals surface area contributed by atoms with Crippen molar-refractivity contribution in [2.24, 2.45) is 7.05 Å². The Morgan fingerprint density at radius 1 is 1.21 bits per heavy atom. The number of hydrogen-bond acceptors (Lipinski definition) is 3. The second-order valence-corrected chi connectivity index (χ2v) is 4.29. The summed E-state index contributed by atoms with van der Waals surface area (Å²) in [5, 5.41) is 13.3. The average molecular weight is 255 g/mol. The van der Waals surface area contributed by atoms with E-state index in [1.54, 1.807) is 12.1 Å². The maximum Gasteiger partial charge on any atom is 0.171 e. The molecule has 0 bridgehead atoms. The van der Waals surface area contributed by atoms with Crippen molar-refractivity contribution in [2.75, 3.05) is 0 Å². The van der Waals surface area contributed by atoms with Crippen LogP contribution in [0.3, 0.4) is 0 Å². The number of rotatable bonds is 4. The van der Waals surface area contributed by atoms with Gasteiger partial charge < -0.3 is 4.74 Å². The number of aryl methyl sites for hydroxylation is 2. The Balaban J connectivity index is 2.34. The quantitative estimate of drug-likeness (QED) is 0.843. The number of ether oxygens (including phenoxy) is 1. The molecule has 0 fully saturated rings. The first-order valence-electron chi connectivity index (χ1n) is 6.42. The number of benzene rings is 1. The molecule has 0 N–H and O–H groups in total. The summed E-state index contributed by atoms with van der Waals surface area (Å²) in [4.78, 5) is 0. The second kappa shape index (κ2) is 5.57. The van der Waals surface area contributed by atoms with Gasteiger partial charge in [0.05, 0.1) is 17.3 Å².